The molecule has 0 atom stereocenters. The highest BCUT2D eigenvalue weighted by atomic mass is 79.9. The molecule has 0 saturated heterocycles. The van der Waals surface area contributed by atoms with E-state index in [-0.39, 0.29) is 34.0 Å². The number of ether oxygens (including phenoxy) is 1. The summed E-state index contributed by atoms with van der Waals surface area (Å²) in [6.45, 7) is 0.106. The Morgan fingerprint density at radius 2 is 1.91 bits per heavy atom. The zero-order valence-corrected chi connectivity index (χ0v) is 19.3. The lowest BCUT2D eigenvalue weighted by Gasteiger charge is -2.11. The number of rotatable bonds is 6. The van der Waals surface area contributed by atoms with Gasteiger partial charge in [-0.05, 0) is 59.7 Å². The first kappa shape index (κ1) is 22.3. The Hall–Kier alpha value is -2.87. The zero-order valence-electron chi connectivity index (χ0n) is 16.2. The van der Waals surface area contributed by atoms with Gasteiger partial charge in [-0.2, -0.15) is 5.10 Å². The van der Waals surface area contributed by atoms with Gasteiger partial charge in [0.05, 0.1) is 16.3 Å². The second-order valence-electron chi connectivity index (χ2n) is 6.72. The molecule has 32 heavy (non-hydrogen) atoms. The Bertz CT molecular complexity index is 1320. The average Bonchev–Trinajstić information content (AvgIpc) is 3.16. The summed E-state index contributed by atoms with van der Waals surface area (Å²) in [5.74, 6) is -0.451. The first-order chi connectivity index (χ1) is 15.4. The standard InChI is InChI=1S/C23H14BrCl2FN2O3/c24-16-4-5-20-15(9-16)10-21(32-20)23(30)29-28-11-14-7-18(25)22(19(26)8-14)31-12-13-2-1-3-17(27)6-13/h1-11H,12H2,(H,29,30)/b28-11+. The van der Waals surface area contributed by atoms with E-state index in [0.717, 1.165) is 9.86 Å². The minimum Gasteiger partial charge on any atom is -0.486 e. The van der Waals surface area contributed by atoms with Crippen LogP contribution in [0.15, 0.2) is 74.7 Å². The first-order valence-electron chi connectivity index (χ1n) is 9.28. The van der Waals surface area contributed by atoms with Crippen LogP contribution in [0.4, 0.5) is 4.39 Å². The quantitative estimate of drug-likeness (QED) is 0.214. The van der Waals surface area contributed by atoms with E-state index in [0.29, 0.717) is 16.7 Å². The molecular formula is C23H14BrCl2FN2O3. The van der Waals surface area contributed by atoms with Gasteiger partial charge in [-0.3, -0.25) is 4.79 Å². The van der Waals surface area contributed by atoms with E-state index in [1.807, 2.05) is 12.1 Å². The van der Waals surface area contributed by atoms with Crippen LogP contribution in [0.2, 0.25) is 10.0 Å². The summed E-state index contributed by atoms with van der Waals surface area (Å²) >= 11 is 15.9. The maximum atomic E-state index is 13.3. The number of amides is 1. The third-order valence-electron chi connectivity index (χ3n) is 4.37. The van der Waals surface area contributed by atoms with Crippen molar-refractivity contribution >= 4 is 62.2 Å². The fourth-order valence-corrected chi connectivity index (χ4v) is 3.91. The molecule has 4 aromatic rings. The van der Waals surface area contributed by atoms with Gasteiger partial charge in [0.1, 0.15) is 18.0 Å². The summed E-state index contributed by atoms with van der Waals surface area (Å²) in [5.41, 5.74) is 4.18. The minimum absolute atomic E-state index is 0.106. The Morgan fingerprint density at radius 1 is 1.12 bits per heavy atom. The lowest BCUT2D eigenvalue weighted by molar-refractivity contribution is 0.0929. The molecule has 5 nitrogen and oxygen atoms in total. The number of hydrazone groups is 1. The number of halogens is 4. The van der Waals surface area contributed by atoms with Crippen molar-refractivity contribution in [1.29, 1.82) is 0 Å². The van der Waals surface area contributed by atoms with Crippen LogP contribution >= 0.6 is 39.1 Å². The topological polar surface area (TPSA) is 63.8 Å². The van der Waals surface area contributed by atoms with E-state index in [1.165, 1.54) is 18.3 Å². The van der Waals surface area contributed by atoms with Gasteiger partial charge in [0.15, 0.2) is 11.5 Å². The summed E-state index contributed by atoms with van der Waals surface area (Å²) in [7, 11) is 0. The number of carbonyl (C=O) groups excluding carboxylic acids is 1. The van der Waals surface area contributed by atoms with Crippen molar-refractivity contribution in [3.05, 3.63) is 97.9 Å². The third-order valence-corrected chi connectivity index (χ3v) is 5.43. The molecule has 1 amide bonds. The van der Waals surface area contributed by atoms with Gasteiger partial charge in [0.2, 0.25) is 0 Å². The number of carbonyl (C=O) groups is 1. The summed E-state index contributed by atoms with van der Waals surface area (Å²) < 4.78 is 25.3. The summed E-state index contributed by atoms with van der Waals surface area (Å²) in [5, 5.41) is 5.23. The second-order valence-corrected chi connectivity index (χ2v) is 8.45. The van der Waals surface area contributed by atoms with Crippen LogP contribution in [-0.4, -0.2) is 12.1 Å². The molecule has 0 bridgehead atoms. The van der Waals surface area contributed by atoms with E-state index < -0.39 is 5.91 Å². The maximum absolute atomic E-state index is 13.3. The highest BCUT2D eigenvalue weighted by Gasteiger charge is 2.13. The van der Waals surface area contributed by atoms with Crippen LogP contribution in [-0.2, 0) is 6.61 Å². The van der Waals surface area contributed by atoms with Crippen molar-refractivity contribution in [2.75, 3.05) is 0 Å². The SMILES string of the molecule is O=C(N/N=C/c1cc(Cl)c(OCc2cccc(F)c2)c(Cl)c1)c1cc2cc(Br)ccc2o1. The highest BCUT2D eigenvalue weighted by Crippen LogP contribution is 2.34. The zero-order chi connectivity index (χ0) is 22.7. The van der Waals surface area contributed by atoms with Gasteiger partial charge in [-0.1, -0.05) is 51.3 Å². The molecule has 0 saturated carbocycles. The van der Waals surface area contributed by atoms with Gasteiger partial charge in [0.25, 0.3) is 0 Å². The van der Waals surface area contributed by atoms with Crippen LogP contribution in [0.5, 0.6) is 5.75 Å². The van der Waals surface area contributed by atoms with Crippen molar-refractivity contribution < 1.29 is 18.3 Å². The highest BCUT2D eigenvalue weighted by molar-refractivity contribution is 9.10. The Kier molecular flexibility index (Phi) is 6.79. The van der Waals surface area contributed by atoms with Gasteiger partial charge in [0, 0.05) is 9.86 Å². The van der Waals surface area contributed by atoms with E-state index in [9.17, 15) is 9.18 Å². The van der Waals surface area contributed by atoms with Crippen LogP contribution in [0.1, 0.15) is 21.7 Å². The molecule has 1 N–H and O–H groups in total. The first-order valence-corrected chi connectivity index (χ1v) is 10.8. The smallest absolute Gasteiger partial charge is 0.307 e. The summed E-state index contributed by atoms with van der Waals surface area (Å²) in [4.78, 5) is 12.3. The molecule has 0 aliphatic heterocycles. The molecule has 0 aliphatic carbocycles. The Labute approximate surface area is 200 Å². The molecule has 1 aromatic heterocycles. The number of benzene rings is 3. The van der Waals surface area contributed by atoms with Gasteiger partial charge < -0.3 is 9.15 Å². The van der Waals surface area contributed by atoms with Crippen LogP contribution < -0.4 is 10.2 Å². The molecule has 0 unspecified atom stereocenters. The number of hydrogen-bond donors (Lipinski definition) is 1. The van der Waals surface area contributed by atoms with Crippen LogP contribution in [0, 0.1) is 5.82 Å². The molecule has 3 aromatic carbocycles. The Morgan fingerprint density at radius 3 is 2.66 bits per heavy atom. The monoisotopic (exact) mass is 534 g/mol. The van der Waals surface area contributed by atoms with E-state index in [1.54, 1.807) is 36.4 Å². The van der Waals surface area contributed by atoms with Crippen molar-refractivity contribution in [3.8, 4) is 5.75 Å². The fourth-order valence-electron chi connectivity index (χ4n) is 2.92. The van der Waals surface area contributed by atoms with Crippen LogP contribution in [0.3, 0.4) is 0 Å². The third kappa shape index (κ3) is 5.30. The van der Waals surface area contributed by atoms with Gasteiger partial charge in [-0.25, -0.2) is 9.82 Å². The van der Waals surface area contributed by atoms with Gasteiger partial charge in [-0.15, -0.1) is 0 Å². The predicted octanol–water partition coefficient (Wildman–Crippen LogP) is 6.98. The van der Waals surface area contributed by atoms with E-state index >= 15 is 0 Å². The molecular weight excluding hydrogens is 522 g/mol. The molecule has 0 fully saturated rings. The molecule has 4 rings (SSSR count). The molecule has 0 radical (unpaired) electrons. The number of hydrogen-bond acceptors (Lipinski definition) is 4. The van der Waals surface area contributed by atoms with Crippen LogP contribution in [0.25, 0.3) is 11.0 Å². The maximum Gasteiger partial charge on any atom is 0.307 e. The molecule has 0 spiro atoms. The lowest BCUT2D eigenvalue weighted by Crippen LogP contribution is -2.16. The Balaban J connectivity index is 1.41. The summed E-state index contributed by atoms with van der Waals surface area (Å²) in [6.07, 6.45) is 1.39. The number of nitrogens with one attached hydrogen (secondary N) is 1. The van der Waals surface area contributed by atoms with Crippen molar-refractivity contribution in [1.82, 2.24) is 5.43 Å². The normalized spacial score (nSPS) is 11.2. The number of furan rings is 1. The average molecular weight is 536 g/mol. The van der Waals surface area contributed by atoms with Gasteiger partial charge >= 0.3 is 5.91 Å². The van der Waals surface area contributed by atoms with Crippen molar-refractivity contribution in [2.24, 2.45) is 5.10 Å². The predicted molar refractivity (Wildman–Crippen MR) is 126 cm³/mol. The largest absolute Gasteiger partial charge is 0.486 e. The van der Waals surface area contributed by atoms with E-state index in [2.05, 4.69) is 26.5 Å². The molecule has 1 heterocycles. The summed E-state index contributed by atoms with van der Waals surface area (Å²) in [6, 6.07) is 16.3. The lowest BCUT2D eigenvalue weighted by atomic mass is 10.2. The molecule has 0 aliphatic rings. The van der Waals surface area contributed by atoms with Crippen molar-refractivity contribution in [3.63, 3.8) is 0 Å². The molecule has 162 valence electrons. The fraction of sp³-hybridized carbons (Fsp3) is 0.0435. The van der Waals surface area contributed by atoms with Crippen molar-refractivity contribution in [2.45, 2.75) is 6.61 Å². The minimum atomic E-state index is -0.499. The second kappa shape index (κ2) is 9.73. The molecule has 9 heteroatoms. The van der Waals surface area contributed by atoms with E-state index in [4.69, 9.17) is 32.4 Å². The number of fused-ring (bicyclic) bond motifs is 1. The number of nitrogens with zero attached hydrogens (tertiary/aromatic N) is 1.